The normalized spacial score (nSPS) is 15.0. The van der Waals surface area contributed by atoms with E-state index in [4.69, 9.17) is 4.74 Å². The summed E-state index contributed by atoms with van der Waals surface area (Å²) < 4.78 is 8.08. The van der Waals surface area contributed by atoms with Gasteiger partial charge in [-0.2, -0.15) is 5.10 Å². The molecule has 1 aliphatic heterocycles. The molecule has 0 spiro atoms. The molecule has 1 fully saturated rings. The van der Waals surface area contributed by atoms with E-state index < -0.39 is 4.92 Å². The lowest BCUT2D eigenvalue weighted by Crippen LogP contribution is -2.49. The summed E-state index contributed by atoms with van der Waals surface area (Å²) in [6.45, 7) is 8.45. The van der Waals surface area contributed by atoms with Crippen LogP contribution in [-0.4, -0.2) is 73.5 Å². The number of ether oxygens (including phenoxy) is 1. The van der Waals surface area contributed by atoms with Crippen LogP contribution in [-0.2, 0) is 24.4 Å². The fourth-order valence-electron chi connectivity index (χ4n) is 3.26. The Morgan fingerprint density at radius 1 is 1.21 bits per heavy atom. The third-order valence-corrected chi connectivity index (χ3v) is 4.89. The maximum Gasteiger partial charge on any atom is 0.350 e. The van der Waals surface area contributed by atoms with Crippen LogP contribution in [0, 0.1) is 17.0 Å². The number of amides is 1. The van der Waals surface area contributed by atoms with Gasteiger partial charge in [-0.1, -0.05) is 0 Å². The second-order valence-corrected chi connectivity index (χ2v) is 6.73. The Bertz CT molecular complexity index is 852. The number of aryl methyl sites for hydroxylation is 2. The van der Waals surface area contributed by atoms with E-state index in [0.29, 0.717) is 13.1 Å². The maximum atomic E-state index is 12.5. The van der Waals surface area contributed by atoms with Crippen LogP contribution >= 0.6 is 0 Å². The first kappa shape index (κ1) is 19.8. The number of rotatable bonds is 7. The molecule has 0 radical (unpaired) electrons. The van der Waals surface area contributed by atoms with Crippen LogP contribution in [0.2, 0.25) is 0 Å². The topological polar surface area (TPSA) is 112 Å². The number of nitrogens with zero attached hydrogens (tertiary/aromatic N) is 7. The zero-order valence-corrected chi connectivity index (χ0v) is 16.4. The van der Waals surface area contributed by atoms with E-state index >= 15 is 0 Å². The van der Waals surface area contributed by atoms with Crippen LogP contribution in [0.25, 0.3) is 0 Å². The molecule has 0 atom stereocenters. The van der Waals surface area contributed by atoms with Gasteiger partial charge in [0.15, 0.2) is 0 Å². The van der Waals surface area contributed by atoms with Crippen LogP contribution in [0.5, 0.6) is 5.88 Å². The van der Waals surface area contributed by atoms with E-state index in [1.54, 1.807) is 4.90 Å². The Morgan fingerprint density at radius 2 is 1.93 bits per heavy atom. The Balaban J connectivity index is 1.53. The summed E-state index contributed by atoms with van der Waals surface area (Å²) in [4.78, 5) is 27.0. The summed E-state index contributed by atoms with van der Waals surface area (Å²) >= 11 is 0. The number of aromatic nitrogens is 4. The van der Waals surface area contributed by atoms with Crippen LogP contribution in [0.1, 0.15) is 18.2 Å². The number of carbonyl (C=O) groups excluding carboxylic acids is 1. The van der Waals surface area contributed by atoms with Crippen LogP contribution in [0.15, 0.2) is 12.4 Å². The van der Waals surface area contributed by atoms with Crippen molar-refractivity contribution in [2.45, 2.75) is 33.5 Å². The van der Waals surface area contributed by atoms with Crippen molar-refractivity contribution in [3.05, 3.63) is 33.8 Å². The summed E-state index contributed by atoms with van der Waals surface area (Å²) in [6, 6.07) is 0. The predicted octanol–water partition coefficient (Wildman–Crippen LogP) is 0.669. The number of piperazine rings is 1. The Hall–Kier alpha value is -2.95. The highest BCUT2D eigenvalue weighted by Crippen LogP contribution is 2.24. The number of nitro groups is 1. The molecule has 11 heteroatoms. The predicted molar refractivity (Wildman–Crippen MR) is 99.9 cm³/mol. The van der Waals surface area contributed by atoms with E-state index in [2.05, 4.69) is 28.2 Å². The molecule has 0 aliphatic carbocycles. The average Bonchev–Trinajstić information content (AvgIpc) is 3.25. The van der Waals surface area contributed by atoms with Crippen molar-refractivity contribution in [3.8, 4) is 5.88 Å². The standard InChI is InChI=1S/C17H25N7O4/c1-4-22-10-14(13(2)18-22)9-20-5-7-21(8-6-20)16(25)12-23-11-15(24(26)27)17(19-23)28-3/h10-11H,4-9,12H2,1-3H3. The number of methoxy groups -OCH3 is 1. The minimum absolute atomic E-state index is 0.0490. The summed E-state index contributed by atoms with van der Waals surface area (Å²) in [7, 11) is 1.31. The molecule has 0 N–H and O–H groups in total. The largest absolute Gasteiger partial charge is 0.475 e. The monoisotopic (exact) mass is 391 g/mol. The van der Waals surface area contributed by atoms with Crippen molar-refractivity contribution >= 4 is 11.6 Å². The lowest BCUT2D eigenvalue weighted by atomic mass is 10.2. The van der Waals surface area contributed by atoms with E-state index in [1.807, 2.05) is 11.6 Å². The Kier molecular flexibility index (Phi) is 5.93. The zero-order valence-electron chi connectivity index (χ0n) is 16.4. The molecule has 0 bridgehead atoms. The molecule has 152 valence electrons. The third-order valence-electron chi connectivity index (χ3n) is 4.89. The highest BCUT2D eigenvalue weighted by Gasteiger charge is 2.25. The van der Waals surface area contributed by atoms with Gasteiger partial charge in [-0.15, -0.1) is 5.10 Å². The van der Waals surface area contributed by atoms with Crippen molar-refractivity contribution in [1.82, 2.24) is 29.4 Å². The van der Waals surface area contributed by atoms with Crippen LogP contribution in [0.4, 0.5) is 5.69 Å². The first-order valence-electron chi connectivity index (χ1n) is 9.20. The van der Waals surface area contributed by atoms with Crippen LogP contribution in [0.3, 0.4) is 0 Å². The molecule has 11 nitrogen and oxygen atoms in total. The molecule has 1 saturated heterocycles. The van der Waals surface area contributed by atoms with Crippen molar-refractivity contribution in [2.75, 3.05) is 33.3 Å². The minimum Gasteiger partial charge on any atom is -0.475 e. The summed E-state index contributed by atoms with van der Waals surface area (Å²) in [5.41, 5.74) is 2.00. The summed E-state index contributed by atoms with van der Waals surface area (Å²) in [5.74, 6) is -0.208. The molecule has 0 saturated carbocycles. The fourth-order valence-corrected chi connectivity index (χ4v) is 3.26. The summed E-state index contributed by atoms with van der Waals surface area (Å²) in [6.07, 6.45) is 3.30. The van der Waals surface area contributed by atoms with Gasteiger partial charge in [0.2, 0.25) is 5.91 Å². The first-order chi connectivity index (χ1) is 13.4. The Labute approximate surface area is 162 Å². The van der Waals surface area contributed by atoms with Crippen molar-refractivity contribution in [2.24, 2.45) is 0 Å². The molecule has 2 aromatic rings. The van der Waals surface area contributed by atoms with Gasteiger partial charge < -0.3 is 9.64 Å². The molecule has 3 rings (SSSR count). The van der Waals surface area contributed by atoms with Gasteiger partial charge in [0.05, 0.1) is 17.7 Å². The van der Waals surface area contributed by atoms with E-state index in [0.717, 1.165) is 31.9 Å². The molecule has 0 aromatic carbocycles. The molecular formula is C17H25N7O4. The van der Waals surface area contributed by atoms with Gasteiger partial charge in [-0.25, -0.2) is 0 Å². The molecular weight excluding hydrogens is 366 g/mol. The molecule has 28 heavy (non-hydrogen) atoms. The van der Waals surface area contributed by atoms with E-state index in [9.17, 15) is 14.9 Å². The van der Waals surface area contributed by atoms with E-state index in [-0.39, 0.29) is 24.0 Å². The van der Waals surface area contributed by atoms with E-state index in [1.165, 1.54) is 23.6 Å². The zero-order chi connectivity index (χ0) is 20.3. The van der Waals surface area contributed by atoms with Crippen LogP contribution < -0.4 is 4.74 Å². The lowest BCUT2D eigenvalue weighted by molar-refractivity contribution is -0.385. The molecule has 0 unspecified atom stereocenters. The highest BCUT2D eigenvalue weighted by atomic mass is 16.6. The molecule has 1 amide bonds. The third kappa shape index (κ3) is 4.30. The quantitative estimate of drug-likeness (QED) is 0.504. The molecule has 1 aliphatic rings. The minimum atomic E-state index is -0.575. The van der Waals surface area contributed by atoms with Gasteiger partial charge in [-0.05, 0) is 13.8 Å². The summed E-state index contributed by atoms with van der Waals surface area (Å²) in [5, 5.41) is 19.4. The first-order valence-corrected chi connectivity index (χ1v) is 9.20. The lowest BCUT2D eigenvalue weighted by Gasteiger charge is -2.34. The molecule has 3 heterocycles. The van der Waals surface area contributed by atoms with Gasteiger partial charge in [-0.3, -0.25) is 29.2 Å². The average molecular weight is 391 g/mol. The smallest absolute Gasteiger partial charge is 0.350 e. The van der Waals surface area contributed by atoms with Crippen molar-refractivity contribution in [3.63, 3.8) is 0 Å². The number of hydrogen-bond donors (Lipinski definition) is 0. The number of carbonyl (C=O) groups is 1. The SMILES string of the molecule is CCn1cc(CN2CCN(C(=O)Cn3cc([N+](=O)[O-])c(OC)n3)CC2)c(C)n1. The van der Waals surface area contributed by atoms with Gasteiger partial charge in [0, 0.05) is 51.0 Å². The Morgan fingerprint density at radius 3 is 2.46 bits per heavy atom. The second kappa shape index (κ2) is 8.38. The van der Waals surface area contributed by atoms with Gasteiger partial charge in [0.25, 0.3) is 0 Å². The highest BCUT2D eigenvalue weighted by molar-refractivity contribution is 5.76. The number of hydrogen-bond acceptors (Lipinski definition) is 7. The van der Waals surface area contributed by atoms with Gasteiger partial charge in [0.1, 0.15) is 12.7 Å². The second-order valence-electron chi connectivity index (χ2n) is 6.73. The molecule has 2 aromatic heterocycles. The van der Waals surface area contributed by atoms with Gasteiger partial charge >= 0.3 is 11.6 Å². The fraction of sp³-hybridized carbons (Fsp3) is 0.588. The van der Waals surface area contributed by atoms with Crippen molar-refractivity contribution < 1.29 is 14.5 Å². The maximum absolute atomic E-state index is 12.5. The van der Waals surface area contributed by atoms with Crippen molar-refractivity contribution in [1.29, 1.82) is 0 Å².